The molecule has 0 aromatic heterocycles. The van der Waals surface area contributed by atoms with Gasteiger partial charge in [0, 0.05) is 19.6 Å². The molecular weight excluding hydrogens is 393 g/mol. The lowest BCUT2D eigenvalue weighted by atomic mass is 10.1. The number of halogens is 3. The third-order valence-corrected chi connectivity index (χ3v) is 6.31. The van der Waals surface area contributed by atoms with Gasteiger partial charge >= 0.3 is 0 Å². The van der Waals surface area contributed by atoms with Crippen LogP contribution in [0.15, 0.2) is 41.3 Å². The Morgan fingerprint density at radius 3 is 2.14 bits per heavy atom. The van der Waals surface area contributed by atoms with Gasteiger partial charge in [-0.05, 0) is 36.2 Å². The summed E-state index contributed by atoms with van der Waals surface area (Å²) in [7, 11) is -3.54. The van der Waals surface area contributed by atoms with E-state index >= 15 is 0 Å². The first-order valence-corrected chi connectivity index (χ1v) is 10.2. The van der Waals surface area contributed by atoms with Gasteiger partial charge in [0.05, 0.1) is 10.5 Å². The molecule has 0 fully saturated rings. The second kappa shape index (κ2) is 9.20. The summed E-state index contributed by atoms with van der Waals surface area (Å²) in [5.74, 6) is -5.47. The molecule has 0 aliphatic carbocycles. The zero-order chi connectivity index (χ0) is 20.9. The Kier molecular flexibility index (Phi) is 7.20. The second-order valence-corrected chi connectivity index (χ2v) is 7.90. The highest BCUT2D eigenvalue weighted by molar-refractivity contribution is 7.89. The van der Waals surface area contributed by atoms with Gasteiger partial charge in [-0.1, -0.05) is 26.0 Å². The lowest BCUT2D eigenvalue weighted by molar-refractivity contribution is 0.0949. The number of carbonyl (C=O) groups is 1. The van der Waals surface area contributed by atoms with Gasteiger partial charge in [-0.15, -0.1) is 0 Å². The molecule has 2 aromatic carbocycles. The smallest absolute Gasteiger partial charge is 0.254 e. The van der Waals surface area contributed by atoms with Crippen LogP contribution in [-0.2, 0) is 16.4 Å². The number of amides is 1. The van der Waals surface area contributed by atoms with Crippen molar-refractivity contribution in [2.45, 2.75) is 25.2 Å². The van der Waals surface area contributed by atoms with Crippen LogP contribution in [0.25, 0.3) is 0 Å². The first-order valence-electron chi connectivity index (χ1n) is 8.73. The van der Waals surface area contributed by atoms with Crippen LogP contribution in [0.3, 0.4) is 0 Å². The molecule has 0 aliphatic rings. The Hall–Kier alpha value is -2.39. The molecule has 0 atom stereocenters. The minimum atomic E-state index is -3.54. The van der Waals surface area contributed by atoms with Crippen LogP contribution in [0.4, 0.5) is 13.2 Å². The molecular formula is C19H21F3N2O3S. The maximum atomic E-state index is 13.6. The fraction of sp³-hybridized carbons (Fsp3) is 0.316. The lowest BCUT2D eigenvalue weighted by Crippen LogP contribution is -2.30. The average molecular weight is 414 g/mol. The zero-order valence-electron chi connectivity index (χ0n) is 15.5. The number of nitrogens with zero attached hydrogens (tertiary/aromatic N) is 1. The summed E-state index contributed by atoms with van der Waals surface area (Å²) in [4.78, 5) is 12.1. The van der Waals surface area contributed by atoms with Crippen molar-refractivity contribution < 1.29 is 26.4 Å². The van der Waals surface area contributed by atoms with E-state index < -0.39 is 38.9 Å². The third kappa shape index (κ3) is 4.71. The van der Waals surface area contributed by atoms with E-state index in [2.05, 4.69) is 5.32 Å². The van der Waals surface area contributed by atoms with Crippen molar-refractivity contribution in [1.82, 2.24) is 9.62 Å². The highest BCUT2D eigenvalue weighted by Gasteiger charge is 2.21. The van der Waals surface area contributed by atoms with Crippen molar-refractivity contribution in [2.75, 3.05) is 19.6 Å². The van der Waals surface area contributed by atoms with E-state index in [1.165, 1.54) is 16.4 Å². The van der Waals surface area contributed by atoms with E-state index in [9.17, 15) is 26.4 Å². The molecule has 0 radical (unpaired) electrons. The van der Waals surface area contributed by atoms with Crippen molar-refractivity contribution in [3.05, 3.63) is 65.0 Å². The van der Waals surface area contributed by atoms with Crippen LogP contribution >= 0.6 is 0 Å². The summed E-state index contributed by atoms with van der Waals surface area (Å²) in [6.07, 6.45) is 0.350. The molecule has 1 N–H and O–H groups in total. The summed E-state index contributed by atoms with van der Waals surface area (Å²) in [6, 6.07) is 7.78. The fourth-order valence-electron chi connectivity index (χ4n) is 2.66. The van der Waals surface area contributed by atoms with Gasteiger partial charge in [0.2, 0.25) is 10.0 Å². The van der Waals surface area contributed by atoms with E-state index in [4.69, 9.17) is 0 Å². The SMILES string of the molecule is CCN(CC)S(=O)(=O)c1ccc(CCNC(=O)c2ccc(F)c(F)c2F)cc1. The molecule has 0 heterocycles. The molecule has 0 saturated heterocycles. The van der Waals surface area contributed by atoms with Crippen molar-refractivity contribution in [2.24, 2.45) is 0 Å². The molecule has 9 heteroatoms. The summed E-state index contributed by atoms with van der Waals surface area (Å²) >= 11 is 0. The number of carbonyl (C=O) groups excluding carboxylic acids is 1. The minimum absolute atomic E-state index is 0.111. The number of hydrogen-bond donors (Lipinski definition) is 1. The Morgan fingerprint density at radius 1 is 0.964 bits per heavy atom. The van der Waals surface area contributed by atoms with Gasteiger partial charge < -0.3 is 5.32 Å². The number of benzene rings is 2. The summed E-state index contributed by atoms with van der Waals surface area (Å²) in [5, 5.41) is 2.42. The molecule has 2 rings (SSSR count). The van der Waals surface area contributed by atoms with Crippen molar-refractivity contribution in [1.29, 1.82) is 0 Å². The lowest BCUT2D eigenvalue weighted by Gasteiger charge is -2.18. The molecule has 0 bridgehead atoms. The quantitative estimate of drug-likeness (QED) is 0.675. The molecule has 5 nitrogen and oxygen atoms in total. The Balaban J connectivity index is 1.99. The maximum Gasteiger partial charge on any atom is 0.254 e. The molecule has 28 heavy (non-hydrogen) atoms. The molecule has 0 spiro atoms. The predicted octanol–water partition coefficient (Wildman–Crippen LogP) is 3.11. The number of sulfonamides is 1. The van der Waals surface area contributed by atoms with Crippen LogP contribution in [0, 0.1) is 17.5 Å². The highest BCUT2D eigenvalue weighted by atomic mass is 32.2. The topological polar surface area (TPSA) is 66.5 Å². The van der Waals surface area contributed by atoms with Crippen LogP contribution in [0.1, 0.15) is 29.8 Å². The van der Waals surface area contributed by atoms with Gasteiger partial charge in [0.25, 0.3) is 5.91 Å². The second-order valence-electron chi connectivity index (χ2n) is 5.96. The van der Waals surface area contributed by atoms with Gasteiger partial charge in [-0.3, -0.25) is 4.79 Å². The average Bonchev–Trinajstić information content (AvgIpc) is 2.67. The van der Waals surface area contributed by atoms with E-state index in [0.29, 0.717) is 25.6 Å². The summed E-state index contributed by atoms with van der Waals surface area (Å²) in [5.41, 5.74) is 0.170. The van der Waals surface area contributed by atoms with E-state index in [-0.39, 0.29) is 11.4 Å². The van der Waals surface area contributed by atoms with E-state index in [1.807, 2.05) is 0 Å². The van der Waals surface area contributed by atoms with E-state index in [1.54, 1.807) is 26.0 Å². The van der Waals surface area contributed by atoms with Gasteiger partial charge in [-0.25, -0.2) is 21.6 Å². The highest BCUT2D eigenvalue weighted by Crippen LogP contribution is 2.17. The molecule has 0 saturated carbocycles. The van der Waals surface area contributed by atoms with Crippen LogP contribution in [-0.4, -0.2) is 38.3 Å². The predicted molar refractivity (Wildman–Crippen MR) is 98.9 cm³/mol. The van der Waals surface area contributed by atoms with E-state index in [0.717, 1.165) is 11.6 Å². The third-order valence-electron chi connectivity index (χ3n) is 4.25. The summed E-state index contributed by atoms with van der Waals surface area (Å²) in [6.45, 7) is 4.36. The zero-order valence-corrected chi connectivity index (χ0v) is 16.3. The monoisotopic (exact) mass is 414 g/mol. The molecule has 0 unspecified atom stereocenters. The van der Waals surface area contributed by atoms with Crippen molar-refractivity contribution in [3.8, 4) is 0 Å². The van der Waals surface area contributed by atoms with Crippen LogP contribution in [0.5, 0.6) is 0 Å². The maximum absolute atomic E-state index is 13.6. The minimum Gasteiger partial charge on any atom is -0.352 e. The van der Waals surface area contributed by atoms with Gasteiger partial charge in [0.15, 0.2) is 17.5 Å². The largest absolute Gasteiger partial charge is 0.352 e. The first-order chi connectivity index (χ1) is 13.2. The Morgan fingerprint density at radius 2 is 1.57 bits per heavy atom. The summed E-state index contributed by atoms with van der Waals surface area (Å²) < 4.78 is 65.9. The molecule has 2 aromatic rings. The van der Waals surface area contributed by atoms with Gasteiger partial charge in [0.1, 0.15) is 0 Å². The fourth-order valence-corrected chi connectivity index (χ4v) is 4.12. The number of nitrogens with one attached hydrogen (secondary N) is 1. The number of rotatable bonds is 8. The molecule has 0 aliphatic heterocycles. The van der Waals surface area contributed by atoms with Crippen LogP contribution in [0.2, 0.25) is 0 Å². The Bertz CT molecular complexity index is 944. The molecule has 1 amide bonds. The van der Waals surface area contributed by atoms with Gasteiger partial charge in [-0.2, -0.15) is 4.31 Å². The van der Waals surface area contributed by atoms with Crippen molar-refractivity contribution >= 4 is 15.9 Å². The normalized spacial score (nSPS) is 11.6. The first kappa shape index (κ1) is 21.9. The Labute approximate surface area is 162 Å². The molecule has 152 valence electrons. The van der Waals surface area contributed by atoms with Crippen LogP contribution < -0.4 is 5.32 Å². The number of hydrogen-bond acceptors (Lipinski definition) is 3. The van der Waals surface area contributed by atoms with Crippen molar-refractivity contribution in [3.63, 3.8) is 0 Å². The standard InChI is InChI=1S/C19H21F3N2O3S/c1-3-24(4-2)28(26,27)14-7-5-13(6-8-14)11-12-23-19(25)15-9-10-16(20)18(22)17(15)21/h5-10H,3-4,11-12H2,1-2H3,(H,23,25).